The number of rotatable bonds is 5. The van der Waals surface area contributed by atoms with Crippen LogP contribution in [0.1, 0.15) is 13.3 Å². The highest BCUT2D eigenvalue weighted by atomic mass is 127. The lowest BCUT2D eigenvalue weighted by Crippen LogP contribution is -2.43. The number of ether oxygens (including phenoxy) is 1. The van der Waals surface area contributed by atoms with Crippen LogP contribution in [0.3, 0.4) is 0 Å². The van der Waals surface area contributed by atoms with Gasteiger partial charge in [0.1, 0.15) is 0 Å². The van der Waals surface area contributed by atoms with Gasteiger partial charge in [0.25, 0.3) is 0 Å². The van der Waals surface area contributed by atoms with Crippen LogP contribution in [0.4, 0.5) is 0 Å². The summed E-state index contributed by atoms with van der Waals surface area (Å²) in [6, 6.07) is 0. The fourth-order valence-electron chi connectivity index (χ4n) is 1.90. The number of nitrogens with zero attached hydrogens (tertiary/aromatic N) is 2. The molecule has 1 rings (SSSR count). The minimum Gasteiger partial charge on any atom is -0.381 e. The van der Waals surface area contributed by atoms with Gasteiger partial charge in [-0.1, -0.05) is 6.92 Å². The number of thioether (sulfide) groups is 1. The van der Waals surface area contributed by atoms with E-state index < -0.39 is 0 Å². The molecule has 1 N–H and O–H groups in total. The summed E-state index contributed by atoms with van der Waals surface area (Å²) in [5.41, 5.74) is 0. The summed E-state index contributed by atoms with van der Waals surface area (Å²) in [6.45, 7) is 6.00. The van der Waals surface area contributed by atoms with E-state index >= 15 is 0 Å². The predicted molar refractivity (Wildman–Crippen MR) is 91.3 cm³/mol. The molecule has 1 saturated heterocycles. The topological polar surface area (TPSA) is 36.9 Å². The standard InChI is InChI=1S/C12H25N3OS.HI/c1-10(17-4)7-14-12(13-2)15(3)8-11-5-6-16-9-11;/h10-11H,5-9H2,1-4H3,(H,13,14);1H. The number of aliphatic imine (C=N–C) groups is 1. The Morgan fingerprint density at radius 3 is 2.83 bits per heavy atom. The van der Waals surface area contributed by atoms with Crippen molar-refractivity contribution in [3.63, 3.8) is 0 Å². The molecule has 0 aromatic carbocycles. The third-order valence-electron chi connectivity index (χ3n) is 3.08. The van der Waals surface area contributed by atoms with E-state index in [-0.39, 0.29) is 24.0 Å². The quantitative estimate of drug-likeness (QED) is 0.444. The first-order chi connectivity index (χ1) is 8.17. The van der Waals surface area contributed by atoms with Gasteiger partial charge in [0.05, 0.1) is 6.61 Å². The van der Waals surface area contributed by atoms with Crippen molar-refractivity contribution in [3.05, 3.63) is 0 Å². The second kappa shape index (κ2) is 10.1. The number of hydrogen-bond donors (Lipinski definition) is 1. The molecule has 1 heterocycles. The maximum absolute atomic E-state index is 5.40. The Labute approximate surface area is 132 Å². The molecule has 0 aromatic heterocycles. The number of halogens is 1. The molecule has 108 valence electrons. The number of hydrogen-bond acceptors (Lipinski definition) is 3. The van der Waals surface area contributed by atoms with Crippen LogP contribution >= 0.6 is 35.7 Å². The Kier molecular flexibility index (Phi) is 10.3. The first-order valence-electron chi connectivity index (χ1n) is 6.19. The molecule has 2 unspecified atom stereocenters. The summed E-state index contributed by atoms with van der Waals surface area (Å²) in [7, 11) is 3.94. The molecular formula is C12H26IN3OS. The van der Waals surface area contributed by atoms with Crippen molar-refractivity contribution >= 4 is 41.7 Å². The smallest absolute Gasteiger partial charge is 0.193 e. The van der Waals surface area contributed by atoms with Gasteiger partial charge in [-0.2, -0.15) is 11.8 Å². The van der Waals surface area contributed by atoms with E-state index in [0.29, 0.717) is 11.2 Å². The fraction of sp³-hybridized carbons (Fsp3) is 0.917. The maximum atomic E-state index is 5.40. The Morgan fingerprint density at radius 1 is 1.61 bits per heavy atom. The van der Waals surface area contributed by atoms with Gasteiger partial charge < -0.3 is 15.0 Å². The zero-order valence-electron chi connectivity index (χ0n) is 11.8. The van der Waals surface area contributed by atoms with E-state index in [0.717, 1.165) is 32.3 Å². The summed E-state index contributed by atoms with van der Waals surface area (Å²) >= 11 is 1.87. The number of guanidine groups is 1. The highest BCUT2D eigenvalue weighted by molar-refractivity contribution is 14.0. The molecule has 0 radical (unpaired) electrons. The summed E-state index contributed by atoms with van der Waals surface area (Å²) in [5, 5.41) is 4.01. The van der Waals surface area contributed by atoms with Crippen molar-refractivity contribution in [2.75, 3.05) is 46.7 Å². The van der Waals surface area contributed by atoms with Crippen LogP contribution < -0.4 is 5.32 Å². The third-order valence-corrected chi connectivity index (χ3v) is 4.05. The molecule has 4 nitrogen and oxygen atoms in total. The summed E-state index contributed by atoms with van der Waals surface area (Å²) < 4.78 is 5.40. The summed E-state index contributed by atoms with van der Waals surface area (Å²) in [5.74, 6) is 1.63. The van der Waals surface area contributed by atoms with Crippen LogP contribution in [0.15, 0.2) is 4.99 Å². The Morgan fingerprint density at radius 2 is 2.33 bits per heavy atom. The molecule has 0 spiro atoms. The van der Waals surface area contributed by atoms with E-state index in [1.807, 2.05) is 18.8 Å². The van der Waals surface area contributed by atoms with E-state index in [4.69, 9.17) is 4.74 Å². The van der Waals surface area contributed by atoms with E-state index in [9.17, 15) is 0 Å². The van der Waals surface area contributed by atoms with E-state index in [1.165, 1.54) is 6.42 Å². The zero-order valence-corrected chi connectivity index (χ0v) is 15.0. The molecule has 1 aliphatic heterocycles. The molecule has 0 aromatic rings. The Balaban J connectivity index is 0.00000289. The second-order valence-corrected chi connectivity index (χ2v) is 5.86. The predicted octanol–water partition coefficient (Wildman–Crippen LogP) is 1.90. The van der Waals surface area contributed by atoms with Crippen LogP contribution in [-0.2, 0) is 4.74 Å². The third kappa shape index (κ3) is 6.47. The molecular weight excluding hydrogens is 361 g/mol. The van der Waals surface area contributed by atoms with Crippen molar-refractivity contribution in [1.82, 2.24) is 10.2 Å². The average Bonchev–Trinajstić information content (AvgIpc) is 2.82. The van der Waals surface area contributed by atoms with Gasteiger partial charge in [0.15, 0.2) is 5.96 Å². The van der Waals surface area contributed by atoms with Crippen molar-refractivity contribution in [1.29, 1.82) is 0 Å². The lowest BCUT2D eigenvalue weighted by atomic mass is 10.1. The van der Waals surface area contributed by atoms with Crippen molar-refractivity contribution in [2.45, 2.75) is 18.6 Å². The Hall–Kier alpha value is 0.310. The molecule has 0 bridgehead atoms. The van der Waals surface area contributed by atoms with Crippen LogP contribution in [0.25, 0.3) is 0 Å². The molecule has 2 atom stereocenters. The van der Waals surface area contributed by atoms with Crippen molar-refractivity contribution in [2.24, 2.45) is 10.9 Å². The average molecular weight is 387 g/mol. The molecule has 0 saturated carbocycles. The van der Waals surface area contributed by atoms with Gasteiger partial charge in [-0.15, -0.1) is 24.0 Å². The van der Waals surface area contributed by atoms with E-state index in [2.05, 4.69) is 35.4 Å². The van der Waals surface area contributed by atoms with Crippen LogP contribution in [0.2, 0.25) is 0 Å². The first-order valence-corrected chi connectivity index (χ1v) is 7.48. The molecule has 1 fully saturated rings. The van der Waals surface area contributed by atoms with Crippen molar-refractivity contribution in [3.8, 4) is 0 Å². The minimum atomic E-state index is 0. The largest absolute Gasteiger partial charge is 0.381 e. The van der Waals surface area contributed by atoms with E-state index in [1.54, 1.807) is 0 Å². The van der Waals surface area contributed by atoms with Crippen molar-refractivity contribution < 1.29 is 4.74 Å². The molecule has 18 heavy (non-hydrogen) atoms. The lowest BCUT2D eigenvalue weighted by Gasteiger charge is -2.25. The summed E-state index contributed by atoms with van der Waals surface area (Å²) in [4.78, 5) is 6.52. The van der Waals surface area contributed by atoms with Crippen LogP contribution in [-0.4, -0.2) is 62.8 Å². The fourth-order valence-corrected chi connectivity index (χ4v) is 2.15. The van der Waals surface area contributed by atoms with Gasteiger partial charge in [0.2, 0.25) is 0 Å². The number of nitrogens with one attached hydrogen (secondary N) is 1. The highest BCUT2D eigenvalue weighted by Crippen LogP contribution is 2.13. The van der Waals surface area contributed by atoms with Crippen LogP contribution in [0.5, 0.6) is 0 Å². The minimum absolute atomic E-state index is 0. The lowest BCUT2D eigenvalue weighted by molar-refractivity contribution is 0.181. The van der Waals surface area contributed by atoms with Gasteiger partial charge in [-0.05, 0) is 12.7 Å². The summed E-state index contributed by atoms with van der Waals surface area (Å²) in [6.07, 6.45) is 3.30. The SMILES string of the molecule is CN=C(NCC(C)SC)N(C)CC1CCOC1.I. The first kappa shape index (κ1) is 18.3. The van der Waals surface area contributed by atoms with Crippen LogP contribution in [0, 0.1) is 5.92 Å². The van der Waals surface area contributed by atoms with Gasteiger partial charge in [-0.3, -0.25) is 4.99 Å². The van der Waals surface area contributed by atoms with Gasteiger partial charge in [-0.25, -0.2) is 0 Å². The molecule has 0 amide bonds. The monoisotopic (exact) mass is 387 g/mol. The molecule has 0 aliphatic carbocycles. The zero-order chi connectivity index (χ0) is 12.7. The second-order valence-electron chi connectivity index (χ2n) is 4.58. The Bertz CT molecular complexity index is 247. The highest BCUT2D eigenvalue weighted by Gasteiger charge is 2.19. The maximum Gasteiger partial charge on any atom is 0.193 e. The molecule has 1 aliphatic rings. The van der Waals surface area contributed by atoms with Gasteiger partial charge >= 0.3 is 0 Å². The normalized spacial score (nSPS) is 21.3. The molecule has 6 heteroatoms. The van der Waals surface area contributed by atoms with Gasteiger partial charge in [0, 0.05) is 45.0 Å².